The number of hydrogen-bond acceptors (Lipinski definition) is 1. The number of halogens is 1. The average Bonchev–Trinajstić information content (AvgIpc) is 2.27. The van der Waals surface area contributed by atoms with Gasteiger partial charge in [-0.25, -0.2) is 0 Å². The van der Waals surface area contributed by atoms with Crippen molar-refractivity contribution >= 4 is 22.9 Å². The Bertz CT molecular complexity index is 484. The van der Waals surface area contributed by atoms with Gasteiger partial charge in [0.15, 0.2) is 0 Å². The maximum Gasteiger partial charge on any atom is 0.0461 e. The smallest absolute Gasteiger partial charge is 0.0461 e. The molecule has 0 unspecified atom stereocenters. The van der Waals surface area contributed by atoms with Gasteiger partial charge in [0.25, 0.3) is 0 Å². The summed E-state index contributed by atoms with van der Waals surface area (Å²) in [6.45, 7) is 6.33. The molecule has 0 amide bonds. The molecule has 0 spiro atoms. The summed E-state index contributed by atoms with van der Waals surface area (Å²) in [5.74, 6) is 0.635. The Morgan fingerprint density at radius 1 is 1.50 bits per heavy atom. The van der Waals surface area contributed by atoms with Crippen LogP contribution in [0.5, 0.6) is 0 Å². The van der Waals surface area contributed by atoms with E-state index in [0.717, 1.165) is 22.7 Å². The maximum atomic E-state index is 6.32. The zero-order valence-corrected chi connectivity index (χ0v) is 12.3. The van der Waals surface area contributed by atoms with Gasteiger partial charge in [0, 0.05) is 10.7 Å². The Balaban J connectivity index is 2.59. The second-order valence-corrected chi connectivity index (χ2v) is 5.69. The standard InChI is InChI=1S/C16H22ClN/c1-4-6-10(2)13-9-14(17)11(3)16(18)15(13)12-7-5-8-12/h6,9,12H,4-5,7-8,18H2,1-3H3/b10-6-. The minimum absolute atomic E-state index is 0.635. The van der Waals surface area contributed by atoms with E-state index < -0.39 is 0 Å². The van der Waals surface area contributed by atoms with E-state index in [1.165, 1.54) is 36.0 Å². The van der Waals surface area contributed by atoms with E-state index in [2.05, 4.69) is 26.0 Å². The Morgan fingerprint density at radius 3 is 2.67 bits per heavy atom. The molecule has 0 aromatic heterocycles. The third kappa shape index (κ3) is 2.29. The van der Waals surface area contributed by atoms with E-state index in [1.54, 1.807) is 0 Å². The number of hydrogen-bond donors (Lipinski definition) is 1. The number of rotatable bonds is 3. The van der Waals surface area contributed by atoms with Crippen LogP contribution in [0.4, 0.5) is 5.69 Å². The minimum Gasteiger partial charge on any atom is -0.398 e. The monoisotopic (exact) mass is 263 g/mol. The molecule has 0 aliphatic heterocycles. The molecule has 1 aliphatic rings. The summed E-state index contributed by atoms with van der Waals surface area (Å²) in [4.78, 5) is 0. The minimum atomic E-state index is 0.635. The van der Waals surface area contributed by atoms with Gasteiger partial charge < -0.3 is 5.73 Å². The molecule has 0 saturated heterocycles. The fourth-order valence-corrected chi connectivity index (χ4v) is 2.88. The summed E-state index contributed by atoms with van der Waals surface area (Å²) >= 11 is 6.29. The van der Waals surface area contributed by atoms with Gasteiger partial charge in [-0.2, -0.15) is 0 Å². The van der Waals surface area contributed by atoms with Gasteiger partial charge in [-0.3, -0.25) is 0 Å². The number of benzene rings is 1. The molecule has 0 atom stereocenters. The molecular weight excluding hydrogens is 242 g/mol. The highest BCUT2D eigenvalue weighted by atomic mass is 35.5. The van der Waals surface area contributed by atoms with Gasteiger partial charge in [-0.15, -0.1) is 0 Å². The van der Waals surface area contributed by atoms with Crippen molar-refractivity contribution in [3.8, 4) is 0 Å². The van der Waals surface area contributed by atoms with Crippen molar-refractivity contribution in [3.05, 3.63) is 33.9 Å². The highest BCUT2D eigenvalue weighted by Gasteiger charge is 2.26. The molecule has 1 aliphatic carbocycles. The second kappa shape index (κ2) is 5.36. The van der Waals surface area contributed by atoms with Crippen molar-refractivity contribution in [2.75, 3.05) is 5.73 Å². The van der Waals surface area contributed by atoms with Gasteiger partial charge in [0.2, 0.25) is 0 Å². The fourth-order valence-electron chi connectivity index (χ4n) is 2.67. The molecule has 0 radical (unpaired) electrons. The zero-order chi connectivity index (χ0) is 13.3. The first-order chi connectivity index (χ1) is 8.56. The lowest BCUT2D eigenvalue weighted by Gasteiger charge is -2.30. The van der Waals surface area contributed by atoms with Crippen molar-refractivity contribution in [2.45, 2.75) is 52.4 Å². The topological polar surface area (TPSA) is 26.0 Å². The molecule has 1 fully saturated rings. The molecule has 1 aromatic rings. The summed E-state index contributed by atoms with van der Waals surface area (Å²) in [5.41, 5.74) is 12.2. The van der Waals surface area contributed by atoms with Gasteiger partial charge in [0.05, 0.1) is 0 Å². The van der Waals surface area contributed by atoms with Crippen LogP contribution in [0.1, 0.15) is 62.1 Å². The van der Waals surface area contributed by atoms with Gasteiger partial charge in [-0.1, -0.05) is 31.0 Å². The van der Waals surface area contributed by atoms with Gasteiger partial charge in [0.1, 0.15) is 0 Å². The number of allylic oxidation sites excluding steroid dienone is 2. The van der Waals surface area contributed by atoms with Gasteiger partial charge in [-0.05, 0) is 67.4 Å². The molecule has 1 aromatic carbocycles. The summed E-state index contributed by atoms with van der Waals surface area (Å²) in [6.07, 6.45) is 7.14. The summed E-state index contributed by atoms with van der Waals surface area (Å²) < 4.78 is 0. The number of nitrogen functional groups attached to an aromatic ring is 1. The molecule has 2 rings (SSSR count). The Morgan fingerprint density at radius 2 is 2.17 bits per heavy atom. The molecular formula is C16H22ClN. The van der Waals surface area contributed by atoms with E-state index >= 15 is 0 Å². The van der Waals surface area contributed by atoms with Crippen molar-refractivity contribution < 1.29 is 0 Å². The first kappa shape index (κ1) is 13.5. The summed E-state index contributed by atoms with van der Waals surface area (Å²) in [6, 6.07) is 2.10. The van der Waals surface area contributed by atoms with Crippen molar-refractivity contribution in [2.24, 2.45) is 0 Å². The molecule has 0 heterocycles. The molecule has 2 heteroatoms. The maximum absolute atomic E-state index is 6.32. The van der Waals surface area contributed by atoms with E-state index in [9.17, 15) is 0 Å². The van der Waals surface area contributed by atoms with Crippen LogP contribution < -0.4 is 5.73 Å². The van der Waals surface area contributed by atoms with Crippen molar-refractivity contribution in [1.82, 2.24) is 0 Å². The molecule has 98 valence electrons. The van der Waals surface area contributed by atoms with E-state index in [0.29, 0.717) is 5.92 Å². The second-order valence-electron chi connectivity index (χ2n) is 5.28. The largest absolute Gasteiger partial charge is 0.398 e. The number of anilines is 1. The molecule has 2 N–H and O–H groups in total. The van der Waals surface area contributed by atoms with Crippen LogP contribution in [0.15, 0.2) is 12.1 Å². The lowest BCUT2D eigenvalue weighted by molar-refractivity contribution is 0.420. The Kier molecular flexibility index (Phi) is 4.01. The first-order valence-corrected chi connectivity index (χ1v) is 7.19. The fraction of sp³-hybridized carbons (Fsp3) is 0.500. The van der Waals surface area contributed by atoms with Crippen molar-refractivity contribution in [1.29, 1.82) is 0 Å². The average molecular weight is 264 g/mol. The zero-order valence-electron chi connectivity index (χ0n) is 11.5. The van der Waals surface area contributed by atoms with Crippen LogP contribution in [-0.2, 0) is 0 Å². The third-order valence-corrected chi connectivity index (χ3v) is 4.45. The van der Waals surface area contributed by atoms with Gasteiger partial charge >= 0.3 is 0 Å². The van der Waals surface area contributed by atoms with Crippen LogP contribution in [0.3, 0.4) is 0 Å². The van der Waals surface area contributed by atoms with Crippen LogP contribution in [0.2, 0.25) is 5.02 Å². The van der Waals surface area contributed by atoms with Crippen LogP contribution in [0.25, 0.3) is 5.57 Å². The first-order valence-electron chi connectivity index (χ1n) is 6.81. The summed E-state index contributed by atoms with van der Waals surface area (Å²) in [7, 11) is 0. The van der Waals surface area contributed by atoms with E-state index in [1.807, 2.05) is 6.92 Å². The Labute approximate surface area is 115 Å². The van der Waals surface area contributed by atoms with Crippen LogP contribution in [0, 0.1) is 6.92 Å². The highest BCUT2D eigenvalue weighted by molar-refractivity contribution is 6.32. The van der Waals surface area contributed by atoms with E-state index in [-0.39, 0.29) is 0 Å². The molecule has 1 nitrogen and oxygen atoms in total. The number of nitrogens with two attached hydrogens (primary N) is 1. The SMILES string of the molecule is CC/C=C(/C)c1cc(Cl)c(C)c(N)c1C1CCC1. The molecule has 1 saturated carbocycles. The third-order valence-electron chi connectivity index (χ3n) is 4.06. The summed E-state index contributed by atoms with van der Waals surface area (Å²) in [5, 5.41) is 0.787. The van der Waals surface area contributed by atoms with Crippen LogP contribution >= 0.6 is 11.6 Å². The predicted octanol–water partition coefficient (Wildman–Crippen LogP) is 5.31. The quantitative estimate of drug-likeness (QED) is 0.735. The predicted molar refractivity (Wildman–Crippen MR) is 81.1 cm³/mol. The normalized spacial score (nSPS) is 16.8. The molecule has 18 heavy (non-hydrogen) atoms. The lowest BCUT2D eigenvalue weighted by Crippen LogP contribution is -2.14. The van der Waals surface area contributed by atoms with E-state index in [4.69, 9.17) is 17.3 Å². The highest BCUT2D eigenvalue weighted by Crippen LogP contribution is 2.45. The molecule has 0 bridgehead atoms. The Hall–Kier alpha value is -0.950. The van der Waals surface area contributed by atoms with Crippen molar-refractivity contribution in [3.63, 3.8) is 0 Å². The van der Waals surface area contributed by atoms with Crippen LogP contribution in [-0.4, -0.2) is 0 Å². The lowest BCUT2D eigenvalue weighted by atomic mass is 9.75.